The van der Waals surface area contributed by atoms with Crippen LogP contribution >= 0.6 is 24.0 Å². The summed E-state index contributed by atoms with van der Waals surface area (Å²) < 4.78 is 71.4. The van der Waals surface area contributed by atoms with Crippen LogP contribution in [0.2, 0.25) is 0 Å². The molecule has 0 atom stereocenters. The lowest BCUT2D eigenvalue weighted by molar-refractivity contribution is -0.198. The number of carbonyl (C=O) groups is 4. The van der Waals surface area contributed by atoms with E-state index in [2.05, 4.69) is 24.3 Å². The first-order valence-electron chi connectivity index (χ1n) is 22.9. The number of imide groups is 1. The topological polar surface area (TPSA) is 201 Å². The van der Waals surface area contributed by atoms with Gasteiger partial charge < -0.3 is 66.4 Å². The number of nitrogens with zero attached hydrogens (tertiary/aromatic N) is 1. The summed E-state index contributed by atoms with van der Waals surface area (Å²) in [5.41, 5.74) is 4.84. The Morgan fingerprint density at radius 3 is 1.09 bits per heavy atom. The fraction of sp³-hybridized carbons (Fsp3) is 0.660. The summed E-state index contributed by atoms with van der Waals surface area (Å²) in [5, 5.41) is 0.517. The van der Waals surface area contributed by atoms with Crippen molar-refractivity contribution >= 4 is 47.7 Å². The van der Waals surface area contributed by atoms with E-state index in [9.17, 15) is 19.2 Å². The Bertz CT molecular complexity index is 1580. The standard InChI is InChI=1S/C47H69NO18.HI/c49-44-11-12-45(50)48(44)66-47(52)13-15-54-17-19-56-21-23-58-25-27-60-29-31-62-33-35-64-37-36-63-34-32-61-30-28-59-26-24-57-22-20-55-18-16-53-14-5-10-46(51)65-38-43-41-8-3-1-6-39(41)40-7-2-4-9-42(40)43;/h1-4,6-9,43H,5,10-38H2;1H. The third-order valence-electron chi connectivity index (χ3n) is 9.78. The van der Waals surface area contributed by atoms with Gasteiger partial charge in [0.05, 0.1) is 158 Å². The van der Waals surface area contributed by atoms with Crippen LogP contribution in [-0.4, -0.2) is 194 Å². The van der Waals surface area contributed by atoms with Gasteiger partial charge in [-0.1, -0.05) is 48.5 Å². The summed E-state index contributed by atoms with van der Waals surface area (Å²) in [5.74, 6) is -1.88. The quantitative estimate of drug-likeness (QED) is 0.0400. The maximum Gasteiger partial charge on any atom is 0.335 e. The van der Waals surface area contributed by atoms with Crippen LogP contribution in [0, 0.1) is 0 Å². The minimum atomic E-state index is -0.703. The highest BCUT2D eigenvalue weighted by molar-refractivity contribution is 14.0. The van der Waals surface area contributed by atoms with Crippen LogP contribution in [0.15, 0.2) is 48.5 Å². The molecule has 2 aliphatic rings. The van der Waals surface area contributed by atoms with E-state index in [-0.39, 0.29) is 68.3 Å². The Morgan fingerprint density at radius 2 is 0.731 bits per heavy atom. The van der Waals surface area contributed by atoms with Crippen LogP contribution in [0.3, 0.4) is 0 Å². The Hall–Kier alpha value is -3.23. The molecule has 1 aliphatic heterocycles. The molecule has 0 radical (unpaired) electrons. The van der Waals surface area contributed by atoms with Gasteiger partial charge >= 0.3 is 11.9 Å². The molecule has 0 aromatic heterocycles. The highest BCUT2D eigenvalue weighted by Gasteiger charge is 2.33. The molecule has 0 spiro atoms. The number of benzene rings is 2. The Labute approximate surface area is 410 Å². The molecule has 1 aliphatic carbocycles. The van der Waals surface area contributed by atoms with Gasteiger partial charge in [-0.15, -0.1) is 29.0 Å². The van der Waals surface area contributed by atoms with Crippen molar-refractivity contribution in [3.8, 4) is 11.1 Å². The molecule has 0 saturated carbocycles. The second-order valence-corrected chi connectivity index (χ2v) is 14.7. The number of fused-ring (bicyclic) bond motifs is 3. The van der Waals surface area contributed by atoms with E-state index in [1.165, 1.54) is 22.3 Å². The van der Waals surface area contributed by atoms with E-state index in [4.69, 9.17) is 66.4 Å². The zero-order valence-electron chi connectivity index (χ0n) is 38.6. The molecule has 2 aromatic rings. The van der Waals surface area contributed by atoms with E-state index < -0.39 is 17.8 Å². The van der Waals surface area contributed by atoms with Crippen molar-refractivity contribution in [3.63, 3.8) is 0 Å². The summed E-state index contributed by atoms with van der Waals surface area (Å²) in [6.45, 7) is 10.6. The second-order valence-electron chi connectivity index (χ2n) is 14.7. The second kappa shape index (κ2) is 38.6. The maximum atomic E-state index is 12.4. The predicted octanol–water partition coefficient (Wildman–Crippen LogP) is 3.94. The number of esters is 1. The number of hydroxylamine groups is 2. The molecule has 4 rings (SSSR count). The van der Waals surface area contributed by atoms with Gasteiger partial charge in [-0.25, -0.2) is 4.79 Å². The largest absolute Gasteiger partial charge is 0.465 e. The first-order chi connectivity index (χ1) is 32.5. The van der Waals surface area contributed by atoms with E-state index in [1.54, 1.807) is 0 Å². The van der Waals surface area contributed by atoms with Crippen LogP contribution < -0.4 is 0 Å². The lowest BCUT2D eigenvalue weighted by Gasteiger charge is -2.14. The number of halogens is 1. The molecule has 378 valence electrons. The van der Waals surface area contributed by atoms with Gasteiger partial charge in [0.1, 0.15) is 6.61 Å². The molecule has 2 amide bonds. The van der Waals surface area contributed by atoms with Gasteiger partial charge in [-0.3, -0.25) is 14.4 Å². The average molecular weight is 1060 g/mol. The first-order valence-corrected chi connectivity index (χ1v) is 22.9. The molecule has 67 heavy (non-hydrogen) atoms. The third-order valence-corrected chi connectivity index (χ3v) is 9.78. The van der Waals surface area contributed by atoms with Crippen molar-refractivity contribution in [3.05, 3.63) is 59.7 Å². The fourth-order valence-corrected chi connectivity index (χ4v) is 6.49. The molecule has 0 N–H and O–H groups in total. The lowest BCUT2D eigenvalue weighted by Crippen LogP contribution is -2.32. The summed E-state index contributed by atoms with van der Waals surface area (Å²) >= 11 is 0. The molecular formula is C47H70INO18. The minimum absolute atomic E-state index is 0. The van der Waals surface area contributed by atoms with Gasteiger partial charge in [0.2, 0.25) is 0 Å². The van der Waals surface area contributed by atoms with Crippen LogP contribution in [0.1, 0.15) is 49.1 Å². The Kier molecular flexibility index (Phi) is 33.5. The molecule has 1 fully saturated rings. The van der Waals surface area contributed by atoms with Crippen LogP contribution in [0.4, 0.5) is 0 Å². The summed E-state index contributed by atoms with van der Waals surface area (Å²) in [4.78, 5) is 51.7. The molecule has 20 heteroatoms. The third kappa shape index (κ3) is 25.8. The number of hydrogen-bond acceptors (Lipinski definition) is 18. The Morgan fingerprint density at radius 1 is 0.418 bits per heavy atom. The number of rotatable bonds is 43. The number of ether oxygens (including phenoxy) is 13. The van der Waals surface area contributed by atoms with Crippen molar-refractivity contribution in [2.75, 3.05) is 165 Å². The summed E-state index contributed by atoms with van der Waals surface area (Å²) in [6, 6.07) is 16.6. The molecular weight excluding hydrogens is 993 g/mol. The van der Waals surface area contributed by atoms with Crippen molar-refractivity contribution in [1.29, 1.82) is 0 Å². The van der Waals surface area contributed by atoms with Gasteiger partial charge in [0.15, 0.2) is 0 Å². The highest BCUT2D eigenvalue weighted by atomic mass is 127. The first kappa shape index (κ1) is 58.1. The van der Waals surface area contributed by atoms with E-state index in [0.29, 0.717) is 170 Å². The van der Waals surface area contributed by atoms with Gasteiger partial charge in [0.25, 0.3) is 11.8 Å². The van der Waals surface area contributed by atoms with Crippen molar-refractivity contribution in [2.24, 2.45) is 0 Å². The predicted molar refractivity (Wildman–Crippen MR) is 251 cm³/mol. The summed E-state index contributed by atoms with van der Waals surface area (Å²) in [7, 11) is 0. The number of amides is 2. The zero-order chi connectivity index (χ0) is 46.5. The SMILES string of the molecule is I.O=C(CCCOCCOCCOCCOCCOCCOCCOCCOCCOCCOCCOCCOCCC(=O)ON1C(=O)CCC1=O)OCC1c2ccccc2-c2ccccc21. The average Bonchev–Trinajstić information content (AvgIpc) is 3.82. The molecule has 1 heterocycles. The molecule has 1 saturated heterocycles. The molecule has 19 nitrogen and oxygen atoms in total. The monoisotopic (exact) mass is 1060 g/mol. The number of carbonyl (C=O) groups excluding carboxylic acids is 4. The van der Waals surface area contributed by atoms with Gasteiger partial charge in [-0.05, 0) is 28.7 Å². The van der Waals surface area contributed by atoms with E-state index >= 15 is 0 Å². The fourth-order valence-electron chi connectivity index (χ4n) is 6.49. The van der Waals surface area contributed by atoms with Crippen LogP contribution in [0.5, 0.6) is 0 Å². The minimum Gasteiger partial charge on any atom is -0.465 e. The smallest absolute Gasteiger partial charge is 0.335 e. The van der Waals surface area contributed by atoms with Gasteiger partial charge in [-0.2, -0.15) is 0 Å². The van der Waals surface area contributed by atoms with Crippen molar-refractivity contribution in [2.45, 2.75) is 38.0 Å². The zero-order valence-corrected chi connectivity index (χ0v) is 40.9. The highest BCUT2D eigenvalue weighted by Crippen LogP contribution is 2.44. The van der Waals surface area contributed by atoms with E-state index in [1.807, 2.05) is 24.3 Å². The van der Waals surface area contributed by atoms with Crippen LogP contribution in [0.25, 0.3) is 11.1 Å². The molecule has 0 bridgehead atoms. The molecule has 0 unspecified atom stereocenters. The van der Waals surface area contributed by atoms with Crippen molar-refractivity contribution < 1.29 is 85.6 Å². The lowest BCUT2D eigenvalue weighted by atomic mass is 9.98. The van der Waals surface area contributed by atoms with Crippen molar-refractivity contribution in [1.82, 2.24) is 5.06 Å². The maximum absolute atomic E-state index is 12.4. The van der Waals surface area contributed by atoms with Gasteiger partial charge in [0, 0.05) is 31.8 Å². The summed E-state index contributed by atoms with van der Waals surface area (Å²) in [6.07, 6.45) is 0.940. The number of hydrogen-bond donors (Lipinski definition) is 0. The van der Waals surface area contributed by atoms with Crippen LogP contribution in [-0.2, 0) is 85.6 Å². The molecule has 2 aromatic carbocycles. The van der Waals surface area contributed by atoms with E-state index in [0.717, 1.165) is 0 Å². The Balaban J connectivity index is 0.0000119. The normalized spacial score (nSPS) is 13.2.